The molecule has 0 spiro atoms. The maximum Gasteiger partial charge on any atom is 0.234 e. The number of hydrogen-bond donors (Lipinski definition) is 1. The fraction of sp³-hybridized carbons (Fsp3) is 0.0909. The third-order valence-electron chi connectivity index (χ3n) is 4.34. The lowest BCUT2D eigenvalue weighted by Crippen LogP contribution is -2.15. The largest absolute Gasteiger partial charge is 0.325 e. The topological polar surface area (TPSA) is 72.7 Å². The fourth-order valence-electron chi connectivity index (χ4n) is 3.05. The van der Waals surface area contributed by atoms with Gasteiger partial charge in [-0.15, -0.1) is 16.8 Å². The van der Waals surface area contributed by atoms with Gasteiger partial charge in [0.05, 0.1) is 5.75 Å². The number of benzene rings is 2. The van der Waals surface area contributed by atoms with Crippen LogP contribution in [-0.2, 0) is 11.3 Å². The van der Waals surface area contributed by atoms with E-state index in [1.165, 1.54) is 11.8 Å². The van der Waals surface area contributed by atoms with Gasteiger partial charge in [-0.05, 0) is 23.6 Å². The molecule has 6 nitrogen and oxygen atoms in total. The molecule has 0 radical (unpaired) electrons. The molecule has 0 unspecified atom stereocenters. The smallest absolute Gasteiger partial charge is 0.234 e. The Labute approximate surface area is 172 Å². The third kappa shape index (κ3) is 4.20. The SMILES string of the molecule is C=CCn1c(SCC(=O)Nc2cccc3ccccc23)nnc1-c1cccnc1. The van der Waals surface area contributed by atoms with E-state index in [-0.39, 0.29) is 11.7 Å². The van der Waals surface area contributed by atoms with Crippen molar-refractivity contribution in [3.8, 4) is 11.4 Å². The van der Waals surface area contributed by atoms with Gasteiger partial charge in [-0.1, -0.05) is 54.2 Å². The second-order valence-electron chi connectivity index (χ2n) is 6.31. The minimum Gasteiger partial charge on any atom is -0.325 e. The van der Waals surface area contributed by atoms with Gasteiger partial charge in [-0.3, -0.25) is 14.3 Å². The first-order valence-corrected chi connectivity index (χ1v) is 10.1. The number of anilines is 1. The minimum atomic E-state index is -0.0950. The molecule has 7 heteroatoms. The number of pyridine rings is 1. The molecule has 1 N–H and O–H groups in total. The molecule has 0 aliphatic carbocycles. The van der Waals surface area contributed by atoms with E-state index >= 15 is 0 Å². The van der Waals surface area contributed by atoms with E-state index in [1.807, 2.05) is 59.2 Å². The van der Waals surface area contributed by atoms with Gasteiger partial charge in [0.1, 0.15) is 0 Å². The van der Waals surface area contributed by atoms with E-state index in [4.69, 9.17) is 0 Å². The van der Waals surface area contributed by atoms with E-state index in [2.05, 4.69) is 27.1 Å². The second-order valence-corrected chi connectivity index (χ2v) is 7.25. The van der Waals surface area contributed by atoms with Crippen LogP contribution in [0.4, 0.5) is 5.69 Å². The number of thioether (sulfide) groups is 1. The Morgan fingerprint density at radius 3 is 2.79 bits per heavy atom. The van der Waals surface area contributed by atoms with E-state index in [9.17, 15) is 4.79 Å². The van der Waals surface area contributed by atoms with Gasteiger partial charge in [0.15, 0.2) is 11.0 Å². The number of fused-ring (bicyclic) bond motifs is 1. The molecule has 2 aromatic carbocycles. The highest BCUT2D eigenvalue weighted by Gasteiger charge is 2.15. The Hall–Kier alpha value is -3.45. The highest BCUT2D eigenvalue weighted by atomic mass is 32.2. The zero-order valence-corrected chi connectivity index (χ0v) is 16.5. The molecule has 0 atom stereocenters. The van der Waals surface area contributed by atoms with Crippen molar-refractivity contribution in [2.75, 3.05) is 11.1 Å². The molecule has 1 amide bonds. The van der Waals surface area contributed by atoms with Crippen LogP contribution in [0.1, 0.15) is 0 Å². The van der Waals surface area contributed by atoms with Crippen molar-refractivity contribution in [3.63, 3.8) is 0 Å². The van der Waals surface area contributed by atoms with Gasteiger partial charge in [-0.25, -0.2) is 0 Å². The number of nitrogens with zero attached hydrogens (tertiary/aromatic N) is 4. The zero-order chi connectivity index (χ0) is 20.1. The minimum absolute atomic E-state index is 0.0950. The number of hydrogen-bond acceptors (Lipinski definition) is 5. The normalized spacial score (nSPS) is 10.8. The first kappa shape index (κ1) is 18.9. The second kappa shape index (κ2) is 8.70. The molecule has 0 aliphatic rings. The number of aromatic nitrogens is 4. The molecular weight excluding hydrogens is 382 g/mol. The summed E-state index contributed by atoms with van der Waals surface area (Å²) in [6, 6.07) is 17.6. The Bertz CT molecular complexity index is 1150. The molecule has 0 bridgehead atoms. The van der Waals surface area contributed by atoms with E-state index in [0.717, 1.165) is 22.0 Å². The maximum atomic E-state index is 12.6. The first-order chi connectivity index (χ1) is 14.3. The first-order valence-electron chi connectivity index (χ1n) is 9.11. The van der Waals surface area contributed by atoms with E-state index < -0.39 is 0 Å². The molecule has 0 aliphatic heterocycles. The molecule has 4 aromatic rings. The monoisotopic (exact) mass is 401 g/mol. The Kier molecular flexibility index (Phi) is 5.67. The standard InChI is InChI=1S/C22H19N5OS/c1-2-13-27-21(17-9-6-12-23-14-17)25-26-22(27)29-15-20(28)24-19-11-5-8-16-7-3-4-10-18(16)19/h2-12,14H,1,13,15H2,(H,24,28). The van der Waals surface area contributed by atoms with Crippen LogP contribution in [0.25, 0.3) is 22.2 Å². The number of allylic oxidation sites excluding steroid dienone is 1. The number of rotatable bonds is 7. The summed E-state index contributed by atoms with van der Waals surface area (Å²) in [4.78, 5) is 16.7. The van der Waals surface area contributed by atoms with Gasteiger partial charge in [0, 0.05) is 35.6 Å². The van der Waals surface area contributed by atoms with Gasteiger partial charge in [-0.2, -0.15) is 0 Å². The number of nitrogens with one attached hydrogen (secondary N) is 1. The molecule has 2 aromatic heterocycles. The van der Waals surface area contributed by atoms with Crippen LogP contribution in [0.15, 0.2) is 84.8 Å². The van der Waals surface area contributed by atoms with Crippen LogP contribution >= 0.6 is 11.8 Å². The molecule has 0 saturated carbocycles. The lowest BCUT2D eigenvalue weighted by molar-refractivity contribution is -0.113. The van der Waals surface area contributed by atoms with E-state index in [0.29, 0.717) is 17.5 Å². The summed E-state index contributed by atoms with van der Waals surface area (Å²) in [5.41, 5.74) is 1.67. The highest BCUT2D eigenvalue weighted by molar-refractivity contribution is 7.99. The Morgan fingerprint density at radius 2 is 1.97 bits per heavy atom. The van der Waals surface area contributed by atoms with Gasteiger partial charge < -0.3 is 5.32 Å². The van der Waals surface area contributed by atoms with Gasteiger partial charge >= 0.3 is 0 Å². The average Bonchev–Trinajstić information content (AvgIpc) is 3.16. The fourth-order valence-corrected chi connectivity index (χ4v) is 3.80. The molecular formula is C22H19N5OS. The Morgan fingerprint density at radius 1 is 1.10 bits per heavy atom. The van der Waals surface area contributed by atoms with Crippen molar-refractivity contribution >= 4 is 34.1 Å². The molecule has 0 saturated heterocycles. The van der Waals surface area contributed by atoms with Crippen molar-refractivity contribution < 1.29 is 4.79 Å². The summed E-state index contributed by atoms with van der Waals surface area (Å²) < 4.78 is 1.93. The number of amides is 1. The van der Waals surface area contributed by atoms with Crippen molar-refractivity contribution in [3.05, 3.63) is 79.6 Å². The summed E-state index contributed by atoms with van der Waals surface area (Å²) in [7, 11) is 0. The maximum absolute atomic E-state index is 12.6. The van der Waals surface area contributed by atoms with Crippen molar-refractivity contribution in [2.45, 2.75) is 11.7 Å². The molecule has 144 valence electrons. The summed E-state index contributed by atoms with van der Waals surface area (Å²) in [6.07, 6.45) is 5.24. The lowest BCUT2D eigenvalue weighted by Gasteiger charge is -2.09. The third-order valence-corrected chi connectivity index (χ3v) is 5.31. The van der Waals surface area contributed by atoms with Crippen LogP contribution in [0.5, 0.6) is 0 Å². The van der Waals surface area contributed by atoms with Crippen molar-refractivity contribution in [2.24, 2.45) is 0 Å². The van der Waals surface area contributed by atoms with Crippen molar-refractivity contribution in [1.29, 1.82) is 0 Å². The summed E-state index contributed by atoms with van der Waals surface area (Å²) >= 11 is 1.34. The summed E-state index contributed by atoms with van der Waals surface area (Å²) in [6.45, 7) is 4.36. The van der Waals surface area contributed by atoms with Crippen LogP contribution in [-0.4, -0.2) is 31.4 Å². The Balaban J connectivity index is 1.49. The van der Waals surface area contributed by atoms with Crippen LogP contribution in [0.2, 0.25) is 0 Å². The van der Waals surface area contributed by atoms with Crippen molar-refractivity contribution in [1.82, 2.24) is 19.7 Å². The lowest BCUT2D eigenvalue weighted by atomic mass is 10.1. The predicted octanol–water partition coefficient (Wildman–Crippen LogP) is 4.41. The zero-order valence-electron chi connectivity index (χ0n) is 15.7. The van der Waals surface area contributed by atoms with E-state index in [1.54, 1.807) is 18.5 Å². The molecule has 4 rings (SSSR count). The average molecular weight is 401 g/mol. The highest BCUT2D eigenvalue weighted by Crippen LogP contribution is 2.25. The van der Waals surface area contributed by atoms with Crippen LogP contribution in [0.3, 0.4) is 0 Å². The van der Waals surface area contributed by atoms with Crippen LogP contribution in [0, 0.1) is 0 Å². The van der Waals surface area contributed by atoms with Crippen LogP contribution < -0.4 is 5.32 Å². The molecule has 29 heavy (non-hydrogen) atoms. The number of carbonyl (C=O) groups is 1. The molecule has 0 fully saturated rings. The van der Waals surface area contributed by atoms with Gasteiger partial charge in [0.25, 0.3) is 0 Å². The quantitative estimate of drug-likeness (QED) is 0.367. The summed E-state index contributed by atoms with van der Waals surface area (Å²) in [5.74, 6) is 0.836. The summed E-state index contributed by atoms with van der Waals surface area (Å²) in [5, 5.41) is 14.3. The number of carbonyl (C=O) groups excluding carboxylic acids is 1. The molecule has 2 heterocycles. The predicted molar refractivity (Wildman–Crippen MR) is 117 cm³/mol. The van der Waals surface area contributed by atoms with Gasteiger partial charge in [0.2, 0.25) is 5.91 Å².